The van der Waals surface area contributed by atoms with Crippen LogP contribution in [0.1, 0.15) is 12.8 Å². The summed E-state index contributed by atoms with van der Waals surface area (Å²) in [7, 11) is 2.01. The van der Waals surface area contributed by atoms with Crippen molar-refractivity contribution in [2.75, 3.05) is 26.7 Å². The minimum atomic E-state index is -1.06. The number of hydrogen-bond acceptors (Lipinski definition) is 2. The van der Waals surface area contributed by atoms with Crippen LogP contribution in [-0.2, 0) is 0 Å². The number of alkyl halides is 1. The van der Waals surface area contributed by atoms with Crippen molar-refractivity contribution in [2.24, 2.45) is 5.73 Å². The summed E-state index contributed by atoms with van der Waals surface area (Å²) in [5, 5.41) is 0. The van der Waals surface area contributed by atoms with Gasteiger partial charge >= 0.3 is 0 Å². The van der Waals surface area contributed by atoms with Gasteiger partial charge in [-0.25, -0.2) is 4.39 Å². The lowest BCUT2D eigenvalue weighted by molar-refractivity contribution is 0.0773. The summed E-state index contributed by atoms with van der Waals surface area (Å²) < 4.78 is 13.3. The van der Waals surface area contributed by atoms with Gasteiger partial charge in [-0.05, 0) is 19.9 Å². The molecule has 1 heterocycles. The zero-order valence-electron chi connectivity index (χ0n) is 6.44. The summed E-state index contributed by atoms with van der Waals surface area (Å²) in [6.07, 6.45) is 1.19. The quantitative estimate of drug-likeness (QED) is 0.579. The zero-order chi connectivity index (χ0) is 7.61. The number of hydrogen-bond donors (Lipinski definition) is 1. The van der Waals surface area contributed by atoms with Gasteiger partial charge in [-0.1, -0.05) is 0 Å². The molecule has 1 aliphatic heterocycles. The van der Waals surface area contributed by atoms with E-state index < -0.39 is 5.67 Å². The Kier molecular flexibility index (Phi) is 2.26. The van der Waals surface area contributed by atoms with Gasteiger partial charge in [0, 0.05) is 19.6 Å². The van der Waals surface area contributed by atoms with E-state index in [1.807, 2.05) is 7.05 Å². The Morgan fingerprint density at radius 1 is 1.50 bits per heavy atom. The molecule has 0 aliphatic carbocycles. The van der Waals surface area contributed by atoms with Crippen molar-refractivity contribution in [2.45, 2.75) is 18.5 Å². The molecule has 0 saturated carbocycles. The second-order valence-corrected chi connectivity index (χ2v) is 3.16. The van der Waals surface area contributed by atoms with Crippen molar-refractivity contribution in [1.29, 1.82) is 0 Å². The molecule has 2 nitrogen and oxygen atoms in total. The molecule has 0 aromatic heterocycles. The van der Waals surface area contributed by atoms with Crippen molar-refractivity contribution >= 4 is 0 Å². The van der Waals surface area contributed by atoms with Crippen LogP contribution in [0, 0.1) is 0 Å². The molecule has 60 valence electrons. The third-order valence-corrected chi connectivity index (χ3v) is 2.25. The molecule has 0 aromatic carbocycles. The van der Waals surface area contributed by atoms with Gasteiger partial charge in [-0.15, -0.1) is 0 Å². The maximum Gasteiger partial charge on any atom is 0.125 e. The summed E-state index contributed by atoms with van der Waals surface area (Å²) in [5.74, 6) is 0. The average molecular weight is 146 g/mol. The fourth-order valence-corrected chi connectivity index (χ4v) is 1.22. The number of rotatable bonds is 1. The van der Waals surface area contributed by atoms with Gasteiger partial charge in [0.25, 0.3) is 0 Å². The molecule has 0 amide bonds. The average Bonchev–Trinajstić information content (AvgIpc) is 1.96. The fraction of sp³-hybridized carbons (Fsp3) is 1.00. The van der Waals surface area contributed by atoms with E-state index in [0.717, 1.165) is 13.1 Å². The topological polar surface area (TPSA) is 29.3 Å². The minimum Gasteiger partial charge on any atom is -0.328 e. The molecule has 2 N–H and O–H groups in total. The van der Waals surface area contributed by atoms with Gasteiger partial charge in [0.05, 0.1) is 0 Å². The molecule has 1 rings (SSSR count). The zero-order valence-corrected chi connectivity index (χ0v) is 6.44. The lowest BCUT2D eigenvalue weighted by atomic mass is 9.94. The fourth-order valence-electron chi connectivity index (χ4n) is 1.22. The minimum absolute atomic E-state index is 0.181. The molecule has 0 atom stereocenters. The van der Waals surface area contributed by atoms with Crippen LogP contribution >= 0.6 is 0 Å². The molecule has 0 radical (unpaired) electrons. The number of piperidine rings is 1. The maximum absolute atomic E-state index is 13.3. The lowest BCUT2D eigenvalue weighted by Crippen LogP contribution is -2.44. The molecule has 0 unspecified atom stereocenters. The predicted molar refractivity (Wildman–Crippen MR) is 39.6 cm³/mol. The first-order valence-electron chi connectivity index (χ1n) is 3.74. The van der Waals surface area contributed by atoms with Gasteiger partial charge in [-0.2, -0.15) is 0 Å². The monoisotopic (exact) mass is 146 g/mol. The van der Waals surface area contributed by atoms with Crippen LogP contribution in [0.5, 0.6) is 0 Å². The molecule has 1 aliphatic rings. The van der Waals surface area contributed by atoms with Crippen LogP contribution in [-0.4, -0.2) is 37.3 Å². The third kappa shape index (κ3) is 1.67. The Morgan fingerprint density at radius 3 is 2.40 bits per heavy atom. The molecule has 3 heteroatoms. The van der Waals surface area contributed by atoms with E-state index in [4.69, 9.17) is 5.73 Å². The van der Waals surface area contributed by atoms with Crippen molar-refractivity contribution in [3.63, 3.8) is 0 Å². The first-order valence-corrected chi connectivity index (χ1v) is 3.74. The number of nitrogens with two attached hydrogens (primary N) is 1. The van der Waals surface area contributed by atoms with Gasteiger partial charge < -0.3 is 10.6 Å². The van der Waals surface area contributed by atoms with E-state index in [2.05, 4.69) is 4.90 Å². The molecule has 10 heavy (non-hydrogen) atoms. The molecule has 1 fully saturated rings. The lowest BCUT2D eigenvalue weighted by Gasteiger charge is -2.33. The molecule has 0 spiro atoms. The van der Waals surface area contributed by atoms with Gasteiger partial charge in [-0.3, -0.25) is 0 Å². The normalized spacial score (nSPS) is 26.7. The summed E-state index contributed by atoms with van der Waals surface area (Å²) in [4.78, 5) is 2.13. The van der Waals surface area contributed by atoms with E-state index in [9.17, 15) is 4.39 Å². The van der Waals surface area contributed by atoms with E-state index in [1.54, 1.807) is 0 Å². The largest absolute Gasteiger partial charge is 0.328 e. The van der Waals surface area contributed by atoms with Crippen LogP contribution in [0.3, 0.4) is 0 Å². The smallest absolute Gasteiger partial charge is 0.125 e. The van der Waals surface area contributed by atoms with Crippen LogP contribution in [0.15, 0.2) is 0 Å². The molecule has 1 saturated heterocycles. The Labute approximate surface area is 61.2 Å². The summed E-state index contributed by atoms with van der Waals surface area (Å²) in [6.45, 7) is 1.86. The van der Waals surface area contributed by atoms with E-state index >= 15 is 0 Å². The third-order valence-electron chi connectivity index (χ3n) is 2.25. The number of likely N-dealkylation sites (tertiary alicyclic amines) is 1. The van der Waals surface area contributed by atoms with Crippen LogP contribution in [0.25, 0.3) is 0 Å². The van der Waals surface area contributed by atoms with Crippen molar-refractivity contribution < 1.29 is 4.39 Å². The molecular formula is C7H15FN2. The standard InChI is InChI=1S/C7H15FN2/c1-10-4-2-7(8,6-9)3-5-10/h2-6,9H2,1H3. The van der Waals surface area contributed by atoms with Crippen LogP contribution < -0.4 is 5.73 Å². The highest BCUT2D eigenvalue weighted by molar-refractivity contribution is 4.85. The van der Waals surface area contributed by atoms with Crippen LogP contribution in [0.2, 0.25) is 0 Å². The Balaban J connectivity index is 2.38. The van der Waals surface area contributed by atoms with Crippen molar-refractivity contribution in [3.8, 4) is 0 Å². The Hall–Kier alpha value is -0.150. The highest BCUT2D eigenvalue weighted by Crippen LogP contribution is 2.23. The van der Waals surface area contributed by atoms with Crippen molar-refractivity contribution in [1.82, 2.24) is 4.90 Å². The predicted octanol–water partition coefficient (Wildman–Crippen LogP) is 0.379. The molecule has 0 bridgehead atoms. The first kappa shape index (κ1) is 7.95. The van der Waals surface area contributed by atoms with Crippen LogP contribution in [0.4, 0.5) is 4.39 Å². The van der Waals surface area contributed by atoms with Crippen molar-refractivity contribution in [3.05, 3.63) is 0 Å². The SMILES string of the molecule is CN1CCC(F)(CN)CC1. The summed E-state index contributed by atoms with van der Waals surface area (Å²) >= 11 is 0. The second kappa shape index (κ2) is 2.84. The second-order valence-electron chi connectivity index (χ2n) is 3.16. The van der Waals surface area contributed by atoms with E-state index in [1.165, 1.54) is 0 Å². The number of halogens is 1. The Morgan fingerprint density at radius 2 is 2.00 bits per heavy atom. The van der Waals surface area contributed by atoms with Gasteiger partial charge in [0.1, 0.15) is 5.67 Å². The van der Waals surface area contributed by atoms with E-state index in [-0.39, 0.29) is 6.54 Å². The van der Waals surface area contributed by atoms with E-state index in [0.29, 0.717) is 12.8 Å². The highest BCUT2D eigenvalue weighted by atomic mass is 19.1. The van der Waals surface area contributed by atoms with Gasteiger partial charge in [0.15, 0.2) is 0 Å². The Bertz CT molecular complexity index is 108. The maximum atomic E-state index is 13.3. The van der Waals surface area contributed by atoms with Gasteiger partial charge in [0.2, 0.25) is 0 Å². The summed E-state index contributed by atoms with van der Waals surface area (Å²) in [6, 6.07) is 0. The summed E-state index contributed by atoms with van der Waals surface area (Å²) in [5.41, 5.74) is 4.23. The molecule has 0 aromatic rings. The first-order chi connectivity index (χ1) is 4.66. The molecular weight excluding hydrogens is 131 g/mol. The highest BCUT2D eigenvalue weighted by Gasteiger charge is 2.31. The number of nitrogens with zero attached hydrogens (tertiary/aromatic N) is 1.